The predicted octanol–water partition coefficient (Wildman–Crippen LogP) is 4.50. The summed E-state index contributed by atoms with van der Waals surface area (Å²) in [5.41, 5.74) is 6.85. The monoisotopic (exact) mass is 412 g/mol. The van der Waals surface area contributed by atoms with Gasteiger partial charge >= 0.3 is 0 Å². The Bertz CT molecular complexity index is 1230. The number of rotatable bonds is 3. The molecule has 6 nitrogen and oxygen atoms in total. The topological polar surface area (TPSA) is 66.0 Å². The molecular weight excluding hydrogens is 388 g/mol. The molecule has 156 valence electrons. The van der Waals surface area contributed by atoms with Gasteiger partial charge in [-0.3, -0.25) is 4.79 Å². The third-order valence-electron chi connectivity index (χ3n) is 6.60. The van der Waals surface area contributed by atoms with Gasteiger partial charge in [0.15, 0.2) is 5.84 Å². The second-order valence-corrected chi connectivity index (χ2v) is 8.50. The number of carbonyl (C=O) groups is 1. The van der Waals surface area contributed by atoms with Crippen molar-refractivity contribution in [1.82, 2.24) is 5.43 Å². The van der Waals surface area contributed by atoms with Crippen LogP contribution in [0.5, 0.6) is 5.75 Å². The zero-order valence-corrected chi connectivity index (χ0v) is 17.4. The number of fused-ring (bicyclic) bond motifs is 4. The van der Waals surface area contributed by atoms with Crippen molar-refractivity contribution in [3.8, 4) is 16.9 Å². The summed E-state index contributed by atoms with van der Waals surface area (Å²) in [6.45, 7) is 2.23. The summed E-state index contributed by atoms with van der Waals surface area (Å²) in [5.74, 6) is 1.40. The van der Waals surface area contributed by atoms with Crippen LogP contribution in [0.2, 0.25) is 0 Å². The molecule has 31 heavy (non-hydrogen) atoms. The van der Waals surface area contributed by atoms with E-state index < -0.39 is 0 Å². The van der Waals surface area contributed by atoms with Gasteiger partial charge in [0.05, 0.1) is 5.69 Å². The van der Waals surface area contributed by atoms with Crippen LogP contribution in [0.15, 0.2) is 59.7 Å². The molecule has 0 spiro atoms. The fourth-order valence-corrected chi connectivity index (χ4v) is 4.65. The maximum Gasteiger partial charge on any atom is 0.262 e. The van der Waals surface area contributed by atoms with Gasteiger partial charge in [0, 0.05) is 17.3 Å². The maximum absolute atomic E-state index is 12.3. The average molecular weight is 412 g/mol. The van der Waals surface area contributed by atoms with Gasteiger partial charge in [-0.1, -0.05) is 42.5 Å². The van der Waals surface area contributed by atoms with Crippen molar-refractivity contribution in [2.24, 2.45) is 5.10 Å². The first-order valence-corrected chi connectivity index (χ1v) is 10.9. The standard InChI is InChI=1S/C25H24N4O2/c1-15-25(30)28-27-24-14-31-23-12-20(19-11-4-7-16-6-2-3-10-18(16)19)21(13-22(23)29(15)24)26-17-8-5-9-17/h2-4,6-7,10-13,15,17,26H,5,8-9,14H2,1H3,(H,28,30). The van der Waals surface area contributed by atoms with Crippen LogP contribution in [0.3, 0.4) is 0 Å². The molecule has 2 aliphatic heterocycles. The van der Waals surface area contributed by atoms with E-state index in [0.29, 0.717) is 12.6 Å². The highest BCUT2D eigenvalue weighted by molar-refractivity contribution is 6.10. The molecule has 6 rings (SSSR count). The molecule has 0 saturated heterocycles. The summed E-state index contributed by atoms with van der Waals surface area (Å²) in [6, 6.07) is 19.3. The fourth-order valence-electron chi connectivity index (χ4n) is 4.65. The Hall–Kier alpha value is -3.54. The molecule has 1 aliphatic carbocycles. The van der Waals surface area contributed by atoms with E-state index in [9.17, 15) is 4.79 Å². The number of hydrogen-bond donors (Lipinski definition) is 2. The number of amidine groups is 1. The normalized spacial score (nSPS) is 20.2. The smallest absolute Gasteiger partial charge is 0.262 e. The molecule has 1 saturated carbocycles. The third kappa shape index (κ3) is 2.93. The minimum Gasteiger partial charge on any atom is -0.483 e. The van der Waals surface area contributed by atoms with Gasteiger partial charge in [0.2, 0.25) is 0 Å². The molecule has 0 bridgehead atoms. The Morgan fingerprint density at radius 1 is 1.10 bits per heavy atom. The predicted molar refractivity (Wildman–Crippen MR) is 124 cm³/mol. The molecular formula is C25H24N4O2. The summed E-state index contributed by atoms with van der Waals surface area (Å²) in [5, 5.41) is 10.4. The SMILES string of the molecule is CC1C(=O)NN=C2COc3cc(-c4cccc5ccccc45)c(NC4CCC4)cc3N21. The van der Waals surface area contributed by atoms with E-state index in [1.54, 1.807) is 0 Å². The summed E-state index contributed by atoms with van der Waals surface area (Å²) < 4.78 is 6.10. The number of hydrogen-bond acceptors (Lipinski definition) is 5. The molecule has 3 aliphatic rings. The largest absolute Gasteiger partial charge is 0.483 e. The minimum absolute atomic E-state index is 0.108. The minimum atomic E-state index is -0.338. The van der Waals surface area contributed by atoms with Gasteiger partial charge in [-0.2, -0.15) is 5.10 Å². The van der Waals surface area contributed by atoms with Gasteiger partial charge in [-0.15, -0.1) is 0 Å². The van der Waals surface area contributed by atoms with Crippen LogP contribution in [0.4, 0.5) is 11.4 Å². The third-order valence-corrected chi connectivity index (χ3v) is 6.60. The Morgan fingerprint density at radius 2 is 1.94 bits per heavy atom. The van der Waals surface area contributed by atoms with Crippen molar-refractivity contribution < 1.29 is 9.53 Å². The second kappa shape index (κ2) is 7.01. The van der Waals surface area contributed by atoms with Crippen LogP contribution in [0.1, 0.15) is 26.2 Å². The van der Waals surface area contributed by atoms with E-state index in [1.807, 2.05) is 11.8 Å². The lowest BCUT2D eigenvalue weighted by molar-refractivity contribution is -0.122. The van der Waals surface area contributed by atoms with Gasteiger partial charge in [-0.25, -0.2) is 5.43 Å². The van der Waals surface area contributed by atoms with Crippen molar-refractivity contribution in [1.29, 1.82) is 0 Å². The molecule has 1 unspecified atom stereocenters. The number of nitrogens with zero attached hydrogens (tertiary/aromatic N) is 2. The molecule has 1 atom stereocenters. The van der Waals surface area contributed by atoms with Crippen LogP contribution in [-0.4, -0.2) is 30.4 Å². The van der Waals surface area contributed by atoms with Crippen LogP contribution in [0, 0.1) is 0 Å². The van der Waals surface area contributed by atoms with E-state index in [4.69, 9.17) is 4.74 Å². The number of nitrogens with one attached hydrogen (secondary N) is 2. The van der Waals surface area contributed by atoms with E-state index in [1.165, 1.54) is 35.6 Å². The van der Waals surface area contributed by atoms with Crippen molar-refractivity contribution in [2.75, 3.05) is 16.8 Å². The zero-order valence-electron chi connectivity index (χ0n) is 17.4. The molecule has 1 fully saturated rings. The number of hydrazone groups is 1. The summed E-state index contributed by atoms with van der Waals surface area (Å²) >= 11 is 0. The number of carbonyl (C=O) groups excluding carboxylic acids is 1. The molecule has 2 N–H and O–H groups in total. The lowest BCUT2D eigenvalue weighted by Gasteiger charge is -2.39. The van der Waals surface area contributed by atoms with Gasteiger partial charge in [0.25, 0.3) is 5.91 Å². The van der Waals surface area contributed by atoms with E-state index in [2.05, 4.69) is 70.4 Å². The Kier molecular flexibility index (Phi) is 4.13. The number of ether oxygens (including phenoxy) is 1. The second-order valence-electron chi connectivity index (χ2n) is 8.50. The first kappa shape index (κ1) is 18.2. The molecule has 3 aromatic rings. The zero-order chi connectivity index (χ0) is 20.9. The summed E-state index contributed by atoms with van der Waals surface area (Å²) in [6.07, 6.45) is 3.62. The number of benzene rings is 3. The highest BCUT2D eigenvalue weighted by Crippen LogP contribution is 2.44. The van der Waals surface area contributed by atoms with Crippen molar-refractivity contribution in [2.45, 2.75) is 38.3 Å². The first-order chi connectivity index (χ1) is 15.2. The Labute approximate surface area is 180 Å². The summed E-state index contributed by atoms with van der Waals surface area (Å²) in [4.78, 5) is 14.3. The molecule has 3 aromatic carbocycles. The molecule has 0 radical (unpaired) electrons. The fraction of sp³-hybridized carbons (Fsp3) is 0.280. The first-order valence-electron chi connectivity index (χ1n) is 10.9. The van der Waals surface area contributed by atoms with Crippen LogP contribution in [0.25, 0.3) is 21.9 Å². The molecule has 2 heterocycles. The number of anilines is 2. The lowest BCUT2D eigenvalue weighted by Crippen LogP contribution is -2.55. The maximum atomic E-state index is 12.3. The Balaban J connectivity index is 1.54. The van der Waals surface area contributed by atoms with Gasteiger partial charge in [0.1, 0.15) is 18.4 Å². The molecule has 6 heteroatoms. The van der Waals surface area contributed by atoms with E-state index in [0.717, 1.165) is 28.5 Å². The van der Waals surface area contributed by atoms with Crippen molar-refractivity contribution >= 4 is 33.9 Å². The molecule has 0 aromatic heterocycles. The number of amides is 1. The van der Waals surface area contributed by atoms with E-state index in [-0.39, 0.29) is 11.9 Å². The Morgan fingerprint density at radius 3 is 2.77 bits per heavy atom. The summed E-state index contributed by atoms with van der Waals surface area (Å²) in [7, 11) is 0. The average Bonchev–Trinajstić information content (AvgIpc) is 2.77. The van der Waals surface area contributed by atoms with Crippen LogP contribution < -0.4 is 20.4 Å². The van der Waals surface area contributed by atoms with Gasteiger partial charge < -0.3 is 15.0 Å². The van der Waals surface area contributed by atoms with Crippen LogP contribution >= 0.6 is 0 Å². The van der Waals surface area contributed by atoms with Crippen molar-refractivity contribution in [3.63, 3.8) is 0 Å². The highest BCUT2D eigenvalue weighted by Gasteiger charge is 2.36. The van der Waals surface area contributed by atoms with E-state index >= 15 is 0 Å². The lowest BCUT2D eigenvalue weighted by atomic mass is 9.91. The van der Waals surface area contributed by atoms with Crippen molar-refractivity contribution in [3.05, 3.63) is 54.6 Å². The van der Waals surface area contributed by atoms with Crippen LogP contribution in [-0.2, 0) is 4.79 Å². The van der Waals surface area contributed by atoms with Gasteiger partial charge in [-0.05, 0) is 54.7 Å². The quantitative estimate of drug-likeness (QED) is 0.665. The highest BCUT2D eigenvalue weighted by atomic mass is 16.5. The molecule has 1 amide bonds.